The van der Waals surface area contributed by atoms with Gasteiger partial charge in [0.05, 0.1) is 36.2 Å². The van der Waals surface area contributed by atoms with Gasteiger partial charge in [0.1, 0.15) is 11.6 Å². The summed E-state index contributed by atoms with van der Waals surface area (Å²) in [4.78, 5) is 85.6. The summed E-state index contributed by atoms with van der Waals surface area (Å²) >= 11 is 0. The molecular formula is C43H53N7O9. The van der Waals surface area contributed by atoms with Crippen LogP contribution < -0.4 is 25.8 Å². The van der Waals surface area contributed by atoms with Gasteiger partial charge in [0.2, 0.25) is 5.91 Å². The van der Waals surface area contributed by atoms with Gasteiger partial charge in [-0.25, -0.2) is 24.1 Å². The van der Waals surface area contributed by atoms with Crippen molar-refractivity contribution in [1.29, 1.82) is 0 Å². The molecule has 3 aromatic carbocycles. The number of methoxy groups -OCH3 is 1. The number of amides is 5. The minimum atomic E-state index is -1.26. The fraction of sp³-hybridized carbons (Fsp3) is 0.395. The molecule has 2 aliphatic heterocycles. The number of imide groups is 1. The lowest BCUT2D eigenvalue weighted by Crippen LogP contribution is -2.49. The molecule has 3 aromatic rings. The summed E-state index contributed by atoms with van der Waals surface area (Å²) in [6.45, 7) is 9.24. The molecule has 1 unspecified atom stereocenters. The van der Waals surface area contributed by atoms with Crippen molar-refractivity contribution in [3.63, 3.8) is 0 Å². The number of likely N-dealkylation sites (N-methyl/N-ethyl adjacent to an activating group) is 2. The molecule has 2 aliphatic rings. The molecule has 1 saturated heterocycles. The second-order valence-electron chi connectivity index (χ2n) is 15.4. The first kappa shape index (κ1) is 43.9. The van der Waals surface area contributed by atoms with E-state index in [9.17, 15) is 33.9 Å². The molecule has 1 fully saturated rings. The number of carbonyl (C=O) groups excluding carboxylic acids is 5. The maximum Gasteiger partial charge on any atom is 0.407 e. The number of benzene rings is 3. The average molecular weight is 812 g/mol. The van der Waals surface area contributed by atoms with E-state index in [0.29, 0.717) is 42.0 Å². The largest absolute Gasteiger partial charge is 0.478 e. The number of unbranched alkanes of at least 4 members (excludes halogenated alkanes) is 1. The third-order valence-corrected chi connectivity index (χ3v) is 9.91. The quantitative estimate of drug-likeness (QED) is 0.0984. The van der Waals surface area contributed by atoms with E-state index in [2.05, 4.69) is 32.8 Å². The number of carboxylic acids is 1. The lowest BCUT2D eigenvalue weighted by molar-refractivity contribution is -0.143. The van der Waals surface area contributed by atoms with E-state index in [-0.39, 0.29) is 41.3 Å². The molecule has 0 spiro atoms. The molecule has 314 valence electrons. The summed E-state index contributed by atoms with van der Waals surface area (Å²) in [5, 5.41) is 18.5. The van der Waals surface area contributed by atoms with Gasteiger partial charge in [0.15, 0.2) is 0 Å². The molecule has 16 heteroatoms. The summed E-state index contributed by atoms with van der Waals surface area (Å²) in [7, 11) is 4.97. The Labute approximate surface area is 344 Å². The van der Waals surface area contributed by atoms with E-state index < -0.39 is 41.6 Å². The number of nitrogens with one attached hydrogen (secondary N) is 3. The maximum atomic E-state index is 14.6. The van der Waals surface area contributed by atoms with Crippen molar-refractivity contribution in [2.45, 2.75) is 51.7 Å². The average Bonchev–Trinajstić information content (AvgIpc) is 3.49. The van der Waals surface area contributed by atoms with Crippen LogP contribution >= 0.6 is 0 Å². The zero-order valence-corrected chi connectivity index (χ0v) is 34.4. The third kappa shape index (κ3) is 11.4. The molecule has 0 aromatic heterocycles. The summed E-state index contributed by atoms with van der Waals surface area (Å²) in [5.41, 5.74) is 1.75. The molecule has 0 aliphatic carbocycles. The Morgan fingerprint density at radius 2 is 1.58 bits per heavy atom. The molecule has 1 atom stereocenters. The van der Waals surface area contributed by atoms with Crippen molar-refractivity contribution in [2.75, 3.05) is 75.6 Å². The number of carbonyl (C=O) groups is 6. The molecule has 16 nitrogen and oxygen atoms in total. The molecule has 4 N–H and O–H groups in total. The number of ether oxygens (including phenoxy) is 2. The van der Waals surface area contributed by atoms with Crippen molar-refractivity contribution in [3.8, 4) is 0 Å². The Kier molecular flexibility index (Phi) is 14.5. The number of aromatic carboxylic acids is 1. The number of piperazine rings is 1. The van der Waals surface area contributed by atoms with Gasteiger partial charge in [-0.15, -0.1) is 0 Å². The monoisotopic (exact) mass is 811 g/mol. The van der Waals surface area contributed by atoms with Gasteiger partial charge in [0.25, 0.3) is 5.91 Å². The van der Waals surface area contributed by atoms with Crippen molar-refractivity contribution < 1.29 is 43.3 Å². The van der Waals surface area contributed by atoms with Gasteiger partial charge in [0, 0.05) is 56.7 Å². The van der Waals surface area contributed by atoms with Gasteiger partial charge < -0.3 is 40.3 Å². The van der Waals surface area contributed by atoms with E-state index in [1.807, 2.05) is 6.07 Å². The van der Waals surface area contributed by atoms with Crippen molar-refractivity contribution in [2.24, 2.45) is 0 Å². The van der Waals surface area contributed by atoms with E-state index in [0.717, 1.165) is 31.1 Å². The predicted molar refractivity (Wildman–Crippen MR) is 224 cm³/mol. The van der Waals surface area contributed by atoms with Gasteiger partial charge in [-0.2, -0.15) is 0 Å². The van der Waals surface area contributed by atoms with Crippen LogP contribution in [0.4, 0.5) is 26.7 Å². The summed E-state index contributed by atoms with van der Waals surface area (Å²) in [6, 6.07) is 18.1. The Morgan fingerprint density at radius 1 is 0.898 bits per heavy atom. The third-order valence-electron chi connectivity index (χ3n) is 9.91. The van der Waals surface area contributed by atoms with E-state index in [1.165, 1.54) is 25.3 Å². The molecular weight excluding hydrogens is 759 g/mol. The van der Waals surface area contributed by atoms with E-state index >= 15 is 0 Å². The molecule has 0 radical (unpaired) electrons. The number of urea groups is 1. The second kappa shape index (κ2) is 19.5. The Morgan fingerprint density at radius 3 is 2.20 bits per heavy atom. The fourth-order valence-corrected chi connectivity index (χ4v) is 6.67. The Hall–Kier alpha value is -6.26. The molecule has 5 amide bonds. The highest BCUT2D eigenvalue weighted by Crippen LogP contribution is 2.42. The molecule has 0 saturated carbocycles. The number of carboxylic acid groups (broad SMARTS) is 1. The lowest BCUT2D eigenvalue weighted by Gasteiger charge is -2.32. The van der Waals surface area contributed by atoms with Crippen LogP contribution in [0.1, 0.15) is 61.5 Å². The number of hydrogen-bond acceptors (Lipinski definition) is 11. The Bertz CT molecular complexity index is 2060. The topological polar surface area (TPSA) is 190 Å². The van der Waals surface area contributed by atoms with Gasteiger partial charge in [-0.3, -0.25) is 14.5 Å². The highest BCUT2D eigenvalue weighted by atomic mass is 16.6. The van der Waals surface area contributed by atoms with Crippen molar-refractivity contribution in [3.05, 3.63) is 89.5 Å². The molecule has 59 heavy (non-hydrogen) atoms. The first-order chi connectivity index (χ1) is 28.1. The number of alkyl carbamates (subject to hydrolysis) is 1. The SMILES string of the molecule is COC(=O)C(CCCCNC(=O)OC(C)(C)C)NC(=O)N1C(=O)/C(=C(\Nc2ccc(N(C)C(=O)CN3CCN(C)CC3)cc2)c2ccccc2)c2ccc(C(=O)O)cc21. The normalized spacial score (nSPS) is 15.8. The number of fused-ring (bicyclic) bond motifs is 1. The minimum absolute atomic E-state index is 0.0126. The van der Waals surface area contributed by atoms with Crippen LogP contribution in [0.25, 0.3) is 11.3 Å². The standard InChI is InChI=1S/C43H53N7O9/c1-43(2,3)59-42(57)44-21-11-10-14-33(40(55)58-6)46-41(56)50-34-26-29(39(53)54)15-20-32(34)36(38(50)52)37(28-12-8-7-9-13-28)45-30-16-18-31(19-17-30)48(5)35(51)27-49-24-22-47(4)23-25-49/h7-9,12-13,15-20,26,33,45H,10-11,14,21-25,27H2,1-6H3,(H,44,57)(H,46,56)(H,53,54)/b37-36-. The summed E-state index contributed by atoms with van der Waals surface area (Å²) < 4.78 is 10.2. The minimum Gasteiger partial charge on any atom is -0.478 e. The summed E-state index contributed by atoms with van der Waals surface area (Å²) in [5.74, 6) is -2.82. The van der Waals surface area contributed by atoms with Crippen LogP contribution in [0.2, 0.25) is 0 Å². The zero-order chi connectivity index (χ0) is 42.9. The molecule has 5 rings (SSSR count). The number of hydrogen-bond donors (Lipinski definition) is 4. The van der Waals surface area contributed by atoms with Gasteiger partial charge in [-0.05, 0) is 89.0 Å². The smallest absolute Gasteiger partial charge is 0.407 e. The highest BCUT2D eigenvalue weighted by molar-refractivity contribution is 6.44. The first-order valence-corrected chi connectivity index (χ1v) is 19.5. The van der Waals surface area contributed by atoms with Crippen LogP contribution in [-0.2, 0) is 23.9 Å². The number of anilines is 3. The van der Waals surface area contributed by atoms with Crippen LogP contribution in [0.3, 0.4) is 0 Å². The lowest BCUT2D eigenvalue weighted by atomic mass is 9.99. The number of nitrogens with zero attached hydrogens (tertiary/aromatic N) is 4. The molecule has 0 bridgehead atoms. The fourth-order valence-electron chi connectivity index (χ4n) is 6.67. The maximum absolute atomic E-state index is 14.6. The predicted octanol–water partition coefficient (Wildman–Crippen LogP) is 4.87. The number of esters is 1. The number of rotatable bonds is 14. The van der Waals surface area contributed by atoms with Crippen LogP contribution in [0.15, 0.2) is 72.8 Å². The van der Waals surface area contributed by atoms with Crippen molar-refractivity contribution >= 4 is 64.2 Å². The van der Waals surface area contributed by atoms with E-state index in [4.69, 9.17) is 9.47 Å². The molecule has 2 heterocycles. The van der Waals surface area contributed by atoms with E-state index in [1.54, 1.807) is 81.2 Å². The zero-order valence-electron chi connectivity index (χ0n) is 34.4. The van der Waals surface area contributed by atoms with Gasteiger partial charge in [-0.1, -0.05) is 36.4 Å². The van der Waals surface area contributed by atoms with Crippen LogP contribution in [-0.4, -0.2) is 123 Å². The second-order valence-corrected chi connectivity index (χ2v) is 15.4. The Balaban J connectivity index is 1.40. The van der Waals surface area contributed by atoms with Gasteiger partial charge >= 0.3 is 24.1 Å². The van der Waals surface area contributed by atoms with Crippen LogP contribution in [0, 0.1) is 0 Å². The van der Waals surface area contributed by atoms with Crippen LogP contribution in [0.5, 0.6) is 0 Å². The van der Waals surface area contributed by atoms with Crippen molar-refractivity contribution in [1.82, 2.24) is 20.4 Å². The summed E-state index contributed by atoms with van der Waals surface area (Å²) in [6.07, 6.45) is 0.364. The first-order valence-electron chi connectivity index (χ1n) is 19.5. The highest BCUT2D eigenvalue weighted by Gasteiger charge is 2.41.